The molecule has 0 aliphatic carbocycles. The predicted octanol–water partition coefficient (Wildman–Crippen LogP) is 8.45. The largest absolute Gasteiger partial charge is 0.381 e. The summed E-state index contributed by atoms with van der Waals surface area (Å²) in [5, 5.41) is 0. The summed E-state index contributed by atoms with van der Waals surface area (Å²) in [4.78, 5) is 0. The van der Waals surface area contributed by atoms with Crippen molar-refractivity contribution in [1.82, 2.24) is 0 Å². The van der Waals surface area contributed by atoms with Crippen LogP contribution >= 0.6 is 0 Å². The van der Waals surface area contributed by atoms with Gasteiger partial charge in [0.15, 0.2) is 0 Å². The van der Waals surface area contributed by atoms with E-state index < -0.39 is 0 Å². The van der Waals surface area contributed by atoms with E-state index in [-0.39, 0.29) is 0 Å². The second-order valence-electron chi connectivity index (χ2n) is 7.62. The molecule has 0 fully saturated rings. The van der Waals surface area contributed by atoms with Gasteiger partial charge in [-0.3, -0.25) is 0 Å². The van der Waals surface area contributed by atoms with Crippen LogP contribution < -0.4 is 0 Å². The molecule has 0 radical (unpaired) electrons. The molecule has 24 heavy (non-hydrogen) atoms. The van der Waals surface area contributed by atoms with E-state index in [2.05, 4.69) is 13.8 Å². The zero-order chi connectivity index (χ0) is 17.6. The summed E-state index contributed by atoms with van der Waals surface area (Å²) in [5.74, 6) is 0. The van der Waals surface area contributed by atoms with Gasteiger partial charge in [-0.1, -0.05) is 123 Å². The van der Waals surface area contributed by atoms with E-state index in [9.17, 15) is 0 Å². The van der Waals surface area contributed by atoms with E-state index in [1.807, 2.05) is 0 Å². The van der Waals surface area contributed by atoms with Crippen LogP contribution in [0.4, 0.5) is 0 Å². The van der Waals surface area contributed by atoms with Gasteiger partial charge in [-0.15, -0.1) is 0 Å². The van der Waals surface area contributed by atoms with Crippen molar-refractivity contribution in [1.29, 1.82) is 0 Å². The molecule has 0 unspecified atom stereocenters. The molecule has 0 saturated heterocycles. The van der Waals surface area contributed by atoms with Gasteiger partial charge in [-0.25, -0.2) is 0 Å². The van der Waals surface area contributed by atoms with Crippen molar-refractivity contribution in [2.45, 2.75) is 136 Å². The minimum Gasteiger partial charge on any atom is -0.381 e. The standard InChI is InChI=1S/C23H48O/c1-3-5-7-9-11-13-14-15-17-19-21-23-24-22-20-18-16-12-10-8-6-4-2/h3-23H2,1-2H3. The molecule has 0 N–H and O–H groups in total. The van der Waals surface area contributed by atoms with Crippen LogP contribution in [-0.4, -0.2) is 13.2 Å². The topological polar surface area (TPSA) is 9.23 Å². The lowest BCUT2D eigenvalue weighted by Gasteiger charge is -2.05. The Kier molecular flexibility index (Phi) is 22.9. The summed E-state index contributed by atoms with van der Waals surface area (Å²) < 4.78 is 5.76. The van der Waals surface area contributed by atoms with E-state index in [0.717, 1.165) is 13.2 Å². The van der Waals surface area contributed by atoms with Crippen LogP contribution in [0.5, 0.6) is 0 Å². The van der Waals surface area contributed by atoms with Crippen LogP contribution in [0, 0.1) is 0 Å². The molecule has 0 atom stereocenters. The van der Waals surface area contributed by atoms with Crippen molar-refractivity contribution in [2.24, 2.45) is 0 Å². The third-order valence-electron chi connectivity index (χ3n) is 5.03. The summed E-state index contributed by atoms with van der Waals surface area (Å²) in [5.41, 5.74) is 0. The quantitative estimate of drug-likeness (QED) is 0.190. The van der Waals surface area contributed by atoms with Gasteiger partial charge in [-0.2, -0.15) is 0 Å². The first kappa shape index (κ1) is 24.0. The Hall–Kier alpha value is -0.0400. The van der Waals surface area contributed by atoms with Crippen molar-refractivity contribution in [3.8, 4) is 0 Å². The van der Waals surface area contributed by atoms with Crippen LogP contribution in [0.3, 0.4) is 0 Å². The zero-order valence-corrected chi connectivity index (χ0v) is 17.3. The minimum atomic E-state index is 0.993. The van der Waals surface area contributed by atoms with Gasteiger partial charge in [0.1, 0.15) is 0 Å². The Morgan fingerprint density at radius 3 is 0.875 bits per heavy atom. The van der Waals surface area contributed by atoms with Crippen LogP contribution in [0.1, 0.15) is 136 Å². The smallest absolute Gasteiger partial charge is 0.0466 e. The highest BCUT2D eigenvalue weighted by molar-refractivity contribution is 4.49. The van der Waals surface area contributed by atoms with Crippen LogP contribution in [0.15, 0.2) is 0 Å². The fourth-order valence-corrected chi connectivity index (χ4v) is 3.31. The molecule has 1 heteroatoms. The highest BCUT2D eigenvalue weighted by atomic mass is 16.5. The normalized spacial score (nSPS) is 11.2. The Labute approximate surface area is 154 Å². The van der Waals surface area contributed by atoms with Gasteiger partial charge in [0.05, 0.1) is 0 Å². The molecule has 0 rings (SSSR count). The summed E-state index contributed by atoms with van der Waals surface area (Å²) in [7, 11) is 0. The van der Waals surface area contributed by atoms with Crippen LogP contribution in [0.2, 0.25) is 0 Å². The molecule has 1 nitrogen and oxygen atoms in total. The molecule has 0 saturated carbocycles. The van der Waals surface area contributed by atoms with Gasteiger partial charge < -0.3 is 4.74 Å². The van der Waals surface area contributed by atoms with Crippen molar-refractivity contribution >= 4 is 0 Å². The molecule has 0 heterocycles. The number of unbranched alkanes of at least 4 members (excludes halogenated alkanes) is 17. The first-order valence-electron chi connectivity index (χ1n) is 11.5. The van der Waals surface area contributed by atoms with E-state index in [1.54, 1.807) is 0 Å². The lowest BCUT2D eigenvalue weighted by molar-refractivity contribution is 0.125. The molecular weight excluding hydrogens is 292 g/mol. The fraction of sp³-hybridized carbons (Fsp3) is 1.00. The molecule has 0 aromatic carbocycles. The summed E-state index contributed by atoms with van der Waals surface area (Å²) in [6.45, 7) is 6.56. The zero-order valence-electron chi connectivity index (χ0n) is 17.3. The third-order valence-corrected chi connectivity index (χ3v) is 5.03. The van der Waals surface area contributed by atoms with Crippen molar-refractivity contribution < 1.29 is 4.74 Å². The summed E-state index contributed by atoms with van der Waals surface area (Å²) >= 11 is 0. The second-order valence-corrected chi connectivity index (χ2v) is 7.62. The minimum absolute atomic E-state index is 0.993. The van der Waals surface area contributed by atoms with E-state index in [0.29, 0.717) is 0 Å². The van der Waals surface area contributed by atoms with Crippen molar-refractivity contribution in [3.05, 3.63) is 0 Å². The van der Waals surface area contributed by atoms with E-state index in [4.69, 9.17) is 4.74 Å². The van der Waals surface area contributed by atoms with Crippen molar-refractivity contribution in [3.63, 3.8) is 0 Å². The number of hydrogen-bond donors (Lipinski definition) is 0. The number of ether oxygens (including phenoxy) is 1. The molecule has 0 amide bonds. The average molecular weight is 341 g/mol. The molecular formula is C23H48O. The molecule has 0 aliphatic rings. The first-order chi connectivity index (χ1) is 11.9. The van der Waals surface area contributed by atoms with Gasteiger partial charge in [0.25, 0.3) is 0 Å². The van der Waals surface area contributed by atoms with E-state index in [1.165, 1.54) is 122 Å². The van der Waals surface area contributed by atoms with Gasteiger partial charge in [0.2, 0.25) is 0 Å². The Bertz CT molecular complexity index is 180. The average Bonchev–Trinajstić information content (AvgIpc) is 2.60. The lowest BCUT2D eigenvalue weighted by atomic mass is 10.1. The fourth-order valence-electron chi connectivity index (χ4n) is 3.31. The van der Waals surface area contributed by atoms with Gasteiger partial charge in [-0.05, 0) is 12.8 Å². The van der Waals surface area contributed by atoms with E-state index >= 15 is 0 Å². The molecule has 0 spiro atoms. The predicted molar refractivity (Wildman–Crippen MR) is 110 cm³/mol. The molecule has 0 aromatic heterocycles. The highest BCUT2D eigenvalue weighted by Crippen LogP contribution is 2.11. The molecule has 0 aliphatic heterocycles. The van der Waals surface area contributed by atoms with Crippen LogP contribution in [-0.2, 0) is 4.74 Å². The second kappa shape index (κ2) is 23.0. The first-order valence-corrected chi connectivity index (χ1v) is 11.5. The molecule has 0 aromatic rings. The summed E-state index contributed by atoms with van der Waals surface area (Å²) in [6.07, 6.45) is 26.7. The molecule has 146 valence electrons. The van der Waals surface area contributed by atoms with Gasteiger partial charge in [0, 0.05) is 13.2 Å². The highest BCUT2D eigenvalue weighted by Gasteiger charge is 1.95. The SMILES string of the molecule is CCCCCCCCCCCCCOCCCCCCCCCC. The van der Waals surface area contributed by atoms with Gasteiger partial charge >= 0.3 is 0 Å². The van der Waals surface area contributed by atoms with Crippen molar-refractivity contribution in [2.75, 3.05) is 13.2 Å². The monoisotopic (exact) mass is 340 g/mol. The number of hydrogen-bond acceptors (Lipinski definition) is 1. The maximum Gasteiger partial charge on any atom is 0.0466 e. The lowest BCUT2D eigenvalue weighted by Crippen LogP contribution is -1.97. The molecule has 0 bridgehead atoms. The van der Waals surface area contributed by atoms with Crippen LogP contribution in [0.25, 0.3) is 0 Å². The maximum atomic E-state index is 5.76. The summed E-state index contributed by atoms with van der Waals surface area (Å²) in [6, 6.07) is 0. The third kappa shape index (κ3) is 22.0. The number of rotatable bonds is 21. The maximum absolute atomic E-state index is 5.76. The Balaban J connectivity index is 2.93. The Morgan fingerprint density at radius 1 is 0.333 bits per heavy atom. The Morgan fingerprint density at radius 2 is 0.583 bits per heavy atom.